The summed E-state index contributed by atoms with van der Waals surface area (Å²) in [6.45, 7) is 13.9. The molecule has 0 amide bonds. The van der Waals surface area contributed by atoms with Crippen LogP contribution >= 0.6 is 0 Å². The molecule has 0 unspecified atom stereocenters. The van der Waals surface area contributed by atoms with Crippen LogP contribution < -0.4 is 4.90 Å². The molecule has 128 valence electrons. The van der Waals surface area contributed by atoms with Crippen molar-refractivity contribution in [1.29, 1.82) is 0 Å². The third-order valence-corrected chi connectivity index (χ3v) is 3.36. The molecule has 0 N–H and O–H groups in total. The summed E-state index contributed by atoms with van der Waals surface area (Å²) in [6.07, 6.45) is 1.76. The van der Waals surface area contributed by atoms with Gasteiger partial charge >= 0.3 is 0 Å². The van der Waals surface area contributed by atoms with Gasteiger partial charge in [0.15, 0.2) is 0 Å². The van der Waals surface area contributed by atoms with E-state index in [-0.39, 0.29) is 0 Å². The Labute approximate surface area is 139 Å². The third-order valence-electron chi connectivity index (χ3n) is 3.36. The summed E-state index contributed by atoms with van der Waals surface area (Å²) in [5.41, 5.74) is 1.83. The topological polar surface area (TPSA) is 58.3 Å². The van der Waals surface area contributed by atoms with E-state index < -0.39 is 0 Å². The van der Waals surface area contributed by atoms with Crippen molar-refractivity contribution in [3.05, 3.63) is 24.0 Å². The Bertz CT molecular complexity index is 544. The maximum atomic E-state index is 5.31. The second-order valence-corrected chi connectivity index (χ2v) is 4.88. The average Bonchev–Trinajstić information content (AvgIpc) is 3.10. The standard InChI is InChI=1S/C13H17N5O.2C2H6/c1-10-3-4-11(9-14-10)12-15-13(16-19-12)18-7-5-17(2)6-8-18;2*1-2/h3-4,9H,5-8H2,1-2H3;2*1-2H3. The molecule has 0 atom stereocenters. The Balaban J connectivity index is 0.000000615. The first kappa shape index (κ1) is 19.1. The number of hydrogen-bond donors (Lipinski definition) is 0. The van der Waals surface area contributed by atoms with Crippen LogP contribution in [0.4, 0.5) is 5.95 Å². The molecule has 2 aromatic rings. The molecular formula is C17H29N5O. The summed E-state index contributed by atoms with van der Waals surface area (Å²) >= 11 is 0. The molecule has 6 nitrogen and oxygen atoms in total. The lowest BCUT2D eigenvalue weighted by molar-refractivity contribution is 0.309. The largest absolute Gasteiger partial charge is 0.336 e. The lowest BCUT2D eigenvalue weighted by Crippen LogP contribution is -2.44. The van der Waals surface area contributed by atoms with E-state index in [1.54, 1.807) is 6.20 Å². The summed E-state index contributed by atoms with van der Waals surface area (Å²) in [7, 11) is 2.12. The molecular weight excluding hydrogens is 290 g/mol. The monoisotopic (exact) mass is 319 g/mol. The van der Waals surface area contributed by atoms with Crippen molar-refractivity contribution in [2.24, 2.45) is 0 Å². The summed E-state index contributed by atoms with van der Waals surface area (Å²) in [5, 5.41) is 4.06. The van der Waals surface area contributed by atoms with Crippen LogP contribution in [0.2, 0.25) is 0 Å². The van der Waals surface area contributed by atoms with Gasteiger partial charge in [-0.3, -0.25) is 4.98 Å². The van der Waals surface area contributed by atoms with E-state index in [1.807, 2.05) is 46.8 Å². The first-order valence-corrected chi connectivity index (χ1v) is 8.42. The molecule has 6 heteroatoms. The van der Waals surface area contributed by atoms with Crippen LogP contribution in [0.1, 0.15) is 33.4 Å². The van der Waals surface area contributed by atoms with Crippen molar-refractivity contribution in [3.63, 3.8) is 0 Å². The molecule has 23 heavy (non-hydrogen) atoms. The molecule has 0 saturated carbocycles. The number of aromatic nitrogens is 3. The molecule has 0 radical (unpaired) electrons. The zero-order valence-electron chi connectivity index (χ0n) is 15.2. The highest BCUT2D eigenvalue weighted by Gasteiger charge is 2.19. The van der Waals surface area contributed by atoms with Gasteiger partial charge in [-0.2, -0.15) is 4.98 Å². The third kappa shape index (κ3) is 5.32. The van der Waals surface area contributed by atoms with Crippen LogP contribution in [0.15, 0.2) is 22.9 Å². The highest BCUT2D eigenvalue weighted by molar-refractivity contribution is 5.53. The van der Waals surface area contributed by atoms with Gasteiger partial charge in [-0.1, -0.05) is 27.7 Å². The Hall–Kier alpha value is -1.95. The Morgan fingerprint density at radius 1 is 1.00 bits per heavy atom. The van der Waals surface area contributed by atoms with Gasteiger partial charge in [0, 0.05) is 38.1 Å². The molecule has 3 heterocycles. The highest BCUT2D eigenvalue weighted by atomic mass is 16.5. The first-order valence-electron chi connectivity index (χ1n) is 8.42. The minimum absolute atomic E-state index is 0.529. The number of aryl methyl sites for hydroxylation is 1. The number of nitrogens with zero attached hydrogens (tertiary/aromatic N) is 5. The fourth-order valence-electron chi connectivity index (χ4n) is 2.06. The fraction of sp³-hybridized carbons (Fsp3) is 0.588. The minimum atomic E-state index is 0.529. The second kappa shape index (κ2) is 9.94. The molecule has 1 aliphatic rings. The Morgan fingerprint density at radius 2 is 1.65 bits per heavy atom. The van der Waals surface area contributed by atoms with E-state index >= 15 is 0 Å². The zero-order valence-corrected chi connectivity index (χ0v) is 15.2. The molecule has 2 aromatic heterocycles. The van der Waals surface area contributed by atoms with Gasteiger partial charge < -0.3 is 14.3 Å². The maximum absolute atomic E-state index is 5.31. The molecule has 1 fully saturated rings. The molecule has 3 rings (SSSR count). The van der Waals surface area contributed by atoms with Gasteiger partial charge in [0.05, 0.1) is 5.56 Å². The van der Waals surface area contributed by atoms with E-state index in [0.29, 0.717) is 11.8 Å². The van der Waals surface area contributed by atoms with Crippen LogP contribution in [0.3, 0.4) is 0 Å². The van der Waals surface area contributed by atoms with Crippen LogP contribution in [0, 0.1) is 6.92 Å². The smallest absolute Gasteiger partial charge is 0.266 e. The van der Waals surface area contributed by atoms with Gasteiger partial charge in [0.1, 0.15) is 0 Å². The molecule has 1 aliphatic heterocycles. The number of piperazine rings is 1. The van der Waals surface area contributed by atoms with E-state index in [1.165, 1.54) is 0 Å². The molecule has 0 aliphatic carbocycles. The van der Waals surface area contributed by atoms with Crippen molar-refractivity contribution in [1.82, 2.24) is 20.0 Å². The predicted molar refractivity (Wildman–Crippen MR) is 94.7 cm³/mol. The SMILES string of the molecule is CC.CC.Cc1ccc(-c2nc(N3CCN(C)CC3)no2)cn1. The predicted octanol–water partition coefficient (Wildman–Crippen LogP) is 3.24. The van der Waals surface area contributed by atoms with E-state index in [2.05, 4.69) is 32.0 Å². The van der Waals surface area contributed by atoms with Crippen molar-refractivity contribution < 1.29 is 4.52 Å². The maximum Gasteiger partial charge on any atom is 0.266 e. The summed E-state index contributed by atoms with van der Waals surface area (Å²) in [6, 6.07) is 3.89. The van der Waals surface area contributed by atoms with Crippen molar-refractivity contribution in [2.75, 3.05) is 38.1 Å². The van der Waals surface area contributed by atoms with E-state index in [9.17, 15) is 0 Å². The molecule has 1 saturated heterocycles. The zero-order chi connectivity index (χ0) is 17.2. The van der Waals surface area contributed by atoms with Gasteiger partial charge in [0.2, 0.25) is 0 Å². The van der Waals surface area contributed by atoms with Crippen LogP contribution in [0.25, 0.3) is 11.5 Å². The lowest BCUT2D eigenvalue weighted by Gasteiger charge is -2.31. The molecule has 0 spiro atoms. The number of anilines is 1. The normalized spacial score (nSPS) is 14.4. The van der Waals surface area contributed by atoms with Crippen molar-refractivity contribution >= 4 is 5.95 Å². The molecule has 0 bridgehead atoms. The van der Waals surface area contributed by atoms with Crippen LogP contribution in [0.5, 0.6) is 0 Å². The first-order chi connectivity index (χ1) is 11.2. The van der Waals surface area contributed by atoms with Gasteiger partial charge in [-0.25, -0.2) is 0 Å². The summed E-state index contributed by atoms with van der Waals surface area (Å²) < 4.78 is 5.31. The second-order valence-electron chi connectivity index (χ2n) is 4.88. The Morgan fingerprint density at radius 3 is 2.22 bits per heavy atom. The van der Waals surface area contributed by atoms with Crippen LogP contribution in [-0.4, -0.2) is 53.3 Å². The minimum Gasteiger partial charge on any atom is -0.336 e. The van der Waals surface area contributed by atoms with Crippen molar-refractivity contribution in [2.45, 2.75) is 34.6 Å². The molecule has 0 aromatic carbocycles. The van der Waals surface area contributed by atoms with Gasteiger partial charge in [0.25, 0.3) is 11.8 Å². The van der Waals surface area contributed by atoms with Crippen molar-refractivity contribution in [3.8, 4) is 11.5 Å². The van der Waals surface area contributed by atoms with E-state index in [4.69, 9.17) is 4.52 Å². The van der Waals surface area contributed by atoms with Crippen LogP contribution in [-0.2, 0) is 0 Å². The Kier molecular flexibility index (Phi) is 8.26. The highest BCUT2D eigenvalue weighted by Crippen LogP contribution is 2.20. The fourth-order valence-corrected chi connectivity index (χ4v) is 2.06. The lowest BCUT2D eigenvalue weighted by atomic mass is 10.2. The van der Waals surface area contributed by atoms with Gasteiger partial charge in [-0.05, 0) is 31.3 Å². The number of rotatable bonds is 2. The summed E-state index contributed by atoms with van der Waals surface area (Å²) in [4.78, 5) is 13.1. The number of likely N-dealkylation sites (N-methyl/N-ethyl adjacent to an activating group) is 1. The van der Waals surface area contributed by atoms with E-state index in [0.717, 1.165) is 37.4 Å². The quantitative estimate of drug-likeness (QED) is 0.847. The van der Waals surface area contributed by atoms with Gasteiger partial charge in [-0.15, -0.1) is 0 Å². The average molecular weight is 319 g/mol. The number of hydrogen-bond acceptors (Lipinski definition) is 6. The summed E-state index contributed by atoms with van der Waals surface area (Å²) in [5.74, 6) is 1.20. The number of pyridine rings is 1.